The van der Waals surface area contributed by atoms with Gasteiger partial charge in [-0.1, -0.05) is 36.8 Å². The third kappa shape index (κ3) is 1.81. The van der Waals surface area contributed by atoms with Gasteiger partial charge in [-0.15, -0.1) is 0 Å². The van der Waals surface area contributed by atoms with E-state index in [1.807, 2.05) is 30.3 Å². The lowest BCUT2D eigenvalue weighted by atomic mass is 9.78. The maximum atomic E-state index is 9.87. The molecular weight excluding hydrogens is 176 g/mol. The summed E-state index contributed by atoms with van der Waals surface area (Å²) in [4.78, 5) is 0. The van der Waals surface area contributed by atoms with Crippen LogP contribution < -0.4 is 0 Å². The zero-order valence-electron chi connectivity index (χ0n) is 8.13. The van der Waals surface area contributed by atoms with Crippen LogP contribution in [-0.2, 0) is 0 Å². The van der Waals surface area contributed by atoms with E-state index < -0.39 is 12.2 Å². The summed E-state index contributed by atoms with van der Waals surface area (Å²) in [6, 6.07) is 9.38. The molecule has 76 valence electrons. The molecule has 1 aromatic rings. The maximum Gasteiger partial charge on any atom is 0.105 e. The number of rotatable bonds is 3. The zero-order valence-corrected chi connectivity index (χ0v) is 8.13. The van der Waals surface area contributed by atoms with Gasteiger partial charge in [0.15, 0.2) is 0 Å². The first-order valence-corrected chi connectivity index (χ1v) is 5.20. The van der Waals surface area contributed by atoms with Gasteiger partial charge in [-0.2, -0.15) is 0 Å². The topological polar surface area (TPSA) is 40.5 Å². The molecule has 14 heavy (non-hydrogen) atoms. The van der Waals surface area contributed by atoms with Gasteiger partial charge in [0.05, 0.1) is 6.10 Å². The monoisotopic (exact) mass is 192 g/mol. The highest BCUT2D eigenvalue weighted by atomic mass is 16.3. The molecule has 1 aliphatic rings. The molecule has 0 aromatic heterocycles. The Morgan fingerprint density at radius 3 is 2.21 bits per heavy atom. The second kappa shape index (κ2) is 4.11. The summed E-state index contributed by atoms with van der Waals surface area (Å²) >= 11 is 0. The predicted molar refractivity (Wildman–Crippen MR) is 54.7 cm³/mol. The van der Waals surface area contributed by atoms with Crippen molar-refractivity contribution < 1.29 is 10.2 Å². The summed E-state index contributed by atoms with van der Waals surface area (Å²) in [7, 11) is 0. The number of aliphatic hydroxyl groups excluding tert-OH is 2. The van der Waals surface area contributed by atoms with Gasteiger partial charge >= 0.3 is 0 Å². The van der Waals surface area contributed by atoms with Crippen LogP contribution in [0.25, 0.3) is 0 Å². The molecule has 0 amide bonds. The fraction of sp³-hybridized carbons (Fsp3) is 0.500. The van der Waals surface area contributed by atoms with Crippen molar-refractivity contribution in [1.82, 2.24) is 0 Å². The van der Waals surface area contributed by atoms with Crippen LogP contribution in [0, 0.1) is 5.92 Å². The van der Waals surface area contributed by atoms with E-state index in [1.54, 1.807) is 0 Å². The van der Waals surface area contributed by atoms with Crippen molar-refractivity contribution in [3.05, 3.63) is 35.9 Å². The smallest absolute Gasteiger partial charge is 0.105 e. The number of hydrogen-bond donors (Lipinski definition) is 2. The van der Waals surface area contributed by atoms with Crippen LogP contribution in [0.2, 0.25) is 0 Å². The van der Waals surface area contributed by atoms with E-state index in [1.165, 1.54) is 6.42 Å². The quantitative estimate of drug-likeness (QED) is 0.767. The van der Waals surface area contributed by atoms with Crippen molar-refractivity contribution in [1.29, 1.82) is 0 Å². The summed E-state index contributed by atoms with van der Waals surface area (Å²) in [6.45, 7) is 0. The largest absolute Gasteiger partial charge is 0.390 e. The Bertz CT molecular complexity index is 280. The first-order valence-electron chi connectivity index (χ1n) is 5.20. The van der Waals surface area contributed by atoms with Crippen molar-refractivity contribution in [2.24, 2.45) is 5.92 Å². The van der Waals surface area contributed by atoms with Crippen molar-refractivity contribution in [3.8, 4) is 0 Å². The molecule has 2 nitrogen and oxygen atoms in total. The van der Waals surface area contributed by atoms with Gasteiger partial charge in [-0.05, 0) is 24.3 Å². The second-order valence-electron chi connectivity index (χ2n) is 4.04. The van der Waals surface area contributed by atoms with Crippen LogP contribution in [0.15, 0.2) is 30.3 Å². The summed E-state index contributed by atoms with van der Waals surface area (Å²) in [6.07, 6.45) is 1.96. The molecule has 2 heteroatoms. The molecule has 0 heterocycles. The van der Waals surface area contributed by atoms with E-state index in [2.05, 4.69) is 0 Å². The normalized spacial score (nSPS) is 21.3. The molecule has 0 saturated heterocycles. The molecule has 0 bridgehead atoms. The van der Waals surface area contributed by atoms with E-state index in [4.69, 9.17) is 0 Å². The average molecular weight is 192 g/mol. The van der Waals surface area contributed by atoms with E-state index in [0.29, 0.717) is 5.92 Å². The van der Waals surface area contributed by atoms with Gasteiger partial charge in [0.2, 0.25) is 0 Å². The van der Waals surface area contributed by atoms with Crippen LogP contribution in [0.5, 0.6) is 0 Å². The lowest BCUT2D eigenvalue weighted by Crippen LogP contribution is -2.32. The minimum absolute atomic E-state index is 0.296. The van der Waals surface area contributed by atoms with Crippen molar-refractivity contribution in [2.45, 2.75) is 31.5 Å². The molecule has 2 N–H and O–H groups in total. The van der Waals surface area contributed by atoms with E-state index >= 15 is 0 Å². The molecule has 2 atom stereocenters. The third-order valence-corrected chi connectivity index (χ3v) is 3.10. The molecule has 1 saturated carbocycles. The lowest BCUT2D eigenvalue weighted by molar-refractivity contribution is -0.0410. The molecule has 2 rings (SSSR count). The lowest BCUT2D eigenvalue weighted by Gasteiger charge is -2.33. The maximum absolute atomic E-state index is 9.87. The highest BCUT2D eigenvalue weighted by molar-refractivity contribution is 5.18. The molecule has 1 fully saturated rings. The van der Waals surface area contributed by atoms with Crippen LogP contribution in [0.1, 0.15) is 30.9 Å². The van der Waals surface area contributed by atoms with Crippen LogP contribution in [0.3, 0.4) is 0 Å². The Kier molecular flexibility index (Phi) is 2.85. The van der Waals surface area contributed by atoms with Crippen molar-refractivity contribution in [3.63, 3.8) is 0 Å². The Morgan fingerprint density at radius 2 is 1.71 bits per heavy atom. The molecule has 1 aromatic carbocycles. The van der Waals surface area contributed by atoms with Gasteiger partial charge in [0.1, 0.15) is 6.10 Å². The van der Waals surface area contributed by atoms with Crippen LogP contribution in [-0.4, -0.2) is 16.3 Å². The molecule has 0 spiro atoms. The summed E-state index contributed by atoms with van der Waals surface area (Å²) in [5.41, 5.74) is 0.812. The summed E-state index contributed by atoms with van der Waals surface area (Å²) < 4.78 is 0. The number of hydrogen-bond acceptors (Lipinski definition) is 2. The molecule has 2 unspecified atom stereocenters. The first kappa shape index (κ1) is 9.69. The van der Waals surface area contributed by atoms with Gasteiger partial charge < -0.3 is 10.2 Å². The Morgan fingerprint density at radius 1 is 1.07 bits per heavy atom. The Hall–Kier alpha value is -0.860. The third-order valence-electron chi connectivity index (χ3n) is 3.10. The fourth-order valence-corrected chi connectivity index (χ4v) is 1.89. The van der Waals surface area contributed by atoms with Crippen molar-refractivity contribution >= 4 is 0 Å². The summed E-state index contributed by atoms with van der Waals surface area (Å²) in [5, 5.41) is 19.7. The molecular formula is C12H16O2. The van der Waals surface area contributed by atoms with Crippen molar-refractivity contribution in [2.75, 3.05) is 0 Å². The van der Waals surface area contributed by atoms with Gasteiger partial charge in [-0.3, -0.25) is 0 Å². The Balaban J connectivity index is 2.03. The highest BCUT2D eigenvalue weighted by Crippen LogP contribution is 2.34. The van der Waals surface area contributed by atoms with E-state index in [0.717, 1.165) is 18.4 Å². The highest BCUT2D eigenvalue weighted by Gasteiger charge is 2.31. The van der Waals surface area contributed by atoms with Gasteiger partial charge in [0, 0.05) is 0 Å². The minimum atomic E-state index is -0.721. The zero-order chi connectivity index (χ0) is 9.97. The number of benzene rings is 1. The minimum Gasteiger partial charge on any atom is -0.390 e. The van der Waals surface area contributed by atoms with Gasteiger partial charge in [0.25, 0.3) is 0 Å². The fourth-order valence-electron chi connectivity index (χ4n) is 1.89. The van der Waals surface area contributed by atoms with E-state index in [9.17, 15) is 10.2 Å². The van der Waals surface area contributed by atoms with Gasteiger partial charge in [-0.25, -0.2) is 0 Å². The number of aliphatic hydroxyl groups is 2. The standard InChI is InChI=1S/C12H16O2/c13-11(9-5-2-1-3-6-9)12(14)10-7-4-8-10/h1-3,5-6,10-14H,4,7-8H2. The Labute approximate surface area is 84.2 Å². The average Bonchev–Trinajstić information content (AvgIpc) is 2.15. The molecule has 1 aliphatic carbocycles. The predicted octanol–water partition coefficient (Wildman–Crippen LogP) is 1.88. The molecule has 0 aliphatic heterocycles. The van der Waals surface area contributed by atoms with Crippen LogP contribution >= 0.6 is 0 Å². The second-order valence-corrected chi connectivity index (χ2v) is 4.04. The first-order chi connectivity index (χ1) is 6.79. The van der Waals surface area contributed by atoms with Crippen LogP contribution in [0.4, 0.5) is 0 Å². The SMILES string of the molecule is OC(c1ccccc1)C(O)C1CCC1. The molecule has 0 radical (unpaired) electrons. The van der Waals surface area contributed by atoms with E-state index in [-0.39, 0.29) is 0 Å². The summed E-state index contributed by atoms with van der Waals surface area (Å²) in [5.74, 6) is 0.296.